The molecule has 13 rings (SSSR count). The molecular weight excluding hydrogens is 765 g/mol. The number of furan rings is 1. The molecule has 294 valence electrons. The average molecular weight is 803 g/mol. The van der Waals surface area contributed by atoms with Gasteiger partial charge >= 0.3 is 0 Å². The van der Waals surface area contributed by atoms with Crippen LogP contribution < -0.4 is 4.90 Å². The first-order valence-electron chi connectivity index (χ1n) is 21.6. The molecule has 0 atom stereocenters. The predicted molar refractivity (Wildman–Crippen MR) is 266 cm³/mol. The highest BCUT2D eigenvalue weighted by Crippen LogP contribution is 2.45. The van der Waals surface area contributed by atoms with E-state index in [1.807, 2.05) is 0 Å². The summed E-state index contributed by atoms with van der Waals surface area (Å²) in [6, 6.07) is 83.6. The summed E-state index contributed by atoms with van der Waals surface area (Å²) in [7, 11) is 0. The predicted octanol–water partition coefficient (Wildman–Crippen LogP) is 16.9. The fourth-order valence-corrected chi connectivity index (χ4v) is 9.98. The quantitative estimate of drug-likeness (QED) is 0.156. The van der Waals surface area contributed by atoms with Crippen molar-refractivity contribution in [3.05, 3.63) is 231 Å². The van der Waals surface area contributed by atoms with Crippen molar-refractivity contribution < 1.29 is 4.42 Å². The highest BCUT2D eigenvalue weighted by atomic mass is 16.3. The van der Waals surface area contributed by atoms with Crippen LogP contribution in [0.15, 0.2) is 235 Å². The van der Waals surface area contributed by atoms with E-state index in [1.54, 1.807) is 0 Å². The molecule has 0 spiro atoms. The van der Waals surface area contributed by atoms with Crippen molar-refractivity contribution in [2.24, 2.45) is 0 Å². The van der Waals surface area contributed by atoms with Crippen molar-refractivity contribution in [1.29, 1.82) is 0 Å². The molecule has 0 fully saturated rings. The molecule has 0 bridgehead atoms. The van der Waals surface area contributed by atoms with Gasteiger partial charge in [-0.3, -0.25) is 0 Å². The maximum Gasteiger partial charge on any atom is 0.143 e. The van der Waals surface area contributed by atoms with Gasteiger partial charge in [0.1, 0.15) is 11.2 Å². The summed E-state index contributed by atoms with van der Waals surface area (Å²) < 4.78 is 8.99. The lowest BCUT2D eigenvalue weighted by atomic mass is 9.96. The van der Waals surface area contributed by atoms with Gasteiger partial charge in [0, 0.05) is 49.6 Å². The Balaban J connectivity index is 0.963. The van der Waals surface area contributed by atoms with Crippen LogP contribution in [0.4, 0.5) is 17.1 Å². The van der Waals surface area contributed by atoms with Gasteiger partial charge in [0.2, 0.25) is 0 Å². The van der Waals surface area contributed by atoms with Gasteiger partial charge in [0.15, 0.2) is 0 Å². The van der Waals surface area contributed by atoms with Crippen molar-refractivity contribution in [3.8, 4) is 27.9 Å². The third-order valence-electron chi connectivity index (χ3n) is 12.9. The van der Waals surface area contributed by atoms with E-state index in [9.17, 15) is 0 Å². The highest BCUT2D eigenvalue weighted by molar-refractivity contribution is 6.16. The summed E-state index contributed by atoms with van der Waals surface area (Å²) in [6.45, 7) is 0. The Kier molecular flexibility index (Phi) is 7.91. The first-order chi connectivity index (χ1) is 31.2. The number of benzene rings is 11. The van der Waals surface area contributed by atoms with Crippen molar-refractivity contribution in [1.82, 2.24) is 4.57 Å². The highest BCUT2D eigenvalue weighted by Gasteiger charge is 2.20. The summed E-state index contributed by atoms with van der Waals surface area (Å²) in [5, 5.41) is 12.0. The van der Waals surface area contributed by atoms with Crippen LogP contribution >= 0.6 is 0 Å². The minimum atomic E-state index is 0.874. The third kappa shape index (κ3) is 5.67. The fourth-order valence-electron chi connectivity index (χ4n) is 9.98. The van der Waals surface area contributed by atoms with Crippen LogP contribution in [0.25, 0.3) is 104 Å². The summed E-state index contributed by atoms with van der Waals surface area (Å²) >= 11 is 0. The molecule has 0 aliphatic rings. The van der Waals surface area contributed by atoms with E-state index in [-0.39, 0.29) is 0 Å². The van der Waals surface area contributed by atoms with Gasteiger partial charge in [-0.25, -0.2) is 0 Å². The van der Waals surface area contributed by atoms with Crippen molar-refractivity contribution in [3.63, 3.8) is 0 Å². The van der Waals surface area contributed by atoms with Gasteiger partial charge in [0.25, 0.3) is 0 Å². The van der Waals surface area contributed by atoms with E-state index in [2.05, 4.69) is 240 Å². The normalized spacial score (nSPS) is 11.8. The SMILES string of the molecule is c1cc(-c2ccc(N(c3ccc4oc5c6ccccc6ccc5c4c3)c3ccccc3-c3ccc4c(ccc5ccccc54)c3)cc2)cc(-n2c3ccccc3c3ccccc32)c1. The Bertz CT molecular complexity index is 3870. The maximum absolute atomic E-state index is 6.60. The molecule has 0 amide bonds. The topological polar surface area (TPSA) is 21.3 Å². The Hall–Kier alpha value is -8.40. The Morgan fingerprint density at radius 3 is 1.75 bits per heavy atom. The first kappa shape index (κ1) is 35.4. The lowest BCUT2D eigenvalue weighted by Crippen LogP contribution is -2.11. The zero-order valence-corrected chi connectivity index (χ0v) is 34.2. The number of hydrogen-bond donors (Lipinski definition) is 0. The molecule has 63 heavy (non-hydrogen) atoms. The van der Waals surface area contributed by atoms with E-state index >= 15 is 0 Å². The molecule has 0 N–H and O–H groups in total. The molecule has 3 nitrogen and oxygen atoms in total. The molecule has 0 unspecified atom stereocenters. The Morgan fingerprint density at radius 2 is 0.937 bits per heavy atom. The second kappa shape index (κ2) is 14.1. The Labute approximate surface area is 363 Å². The van der Waals surface area contributed by atoms with E-state index in [0.717, 1.165) is 72.3 Å². The molecule has 0 radical (unpaired) electrons. The second-order valence-corrected chi connectivity index (χ2v) is 16.5. The first-order valence-corrected chi connectivity index (χ1v) is 21.6. The van der Waals surface area contributed by atoms with Crippen LogP contribution in [0, 0.1) is 0 Å². The maximum atomic E-state index is 6.60. The number of fused-ring (bicyclic) bond motifs is 11. The lowest BCUT2D eigenvalue weighted by molar-refractivity contribution is 0.672. The van der Waals surface area contributed by atoms with Crippen molar-refractivity contribution in [2.45, 2.75) is 0 Å². The van der Waals surface area contributed by atoms with Crippen LogP contribution in [0.2, 0.25) is 0 Å². The lowest BCUT2D eigenvalue weighted by Gasteiger charge is -2.28. The zero-order valence-electron chi connectivity index (χ0n) is 34.2. The fraction of sp³-hybridized carbons (Fsp3) is 0. The van der Waals surface area contributed by atoms with Gasteiger partial charge in [-0.2, -0.15) is 0 Å². The van der Waals surface area contributed by atoms with Crippen LogP contribution in [0.1, 0.15) is 0 Å². The van der Waals surface area contributed by atoms with Crippen molar-refractivity contribution in [2.75, 3.05) is 4.90 Å². The molecular formula is C60H38N2O. The number of rotatable bonds is 6. The molecule has 0 aliphatic heterocycles. The van der Waals surface area contributed by atoms with E-state index in [0.29, 0.717) is 0 Å². The van der Waals surface area contributed by atoms with Crippen LogP contribution in [-0.4, -0.2) is 4.57 Å². The van der Waals surface area contributed by atoms with Gasteiger partial charge in [-0.1, -0.05) is 158 Å². The molecule has 3 heteroatoms. The standard InChI is InChI=1S/C60H38N2O/c1-3-16-48-40(12-1)24-25-43-36-44(29-33-49(43)48)50-17-5-8-21-56(50)61(47-32-35-59-55(38-47)54-34-28-41-13-2-4-18-51(41)60(54)63-59)45-30-26-39(27-31-45)42-14-11-15-46(37-42)62-57-22-9-6-19-52(57)53-20-7-10-23-58(53)62/h1-38H. The molecule has 0 saturated carbocycles. The summed E-state index contributed by atoms with van der Waals surface area (Å²) in [5.41, 5.74) is 13.2. The number of anilines is 3. The Morgan fingerprint density at radius 1 is 0.333 bits per heavy atom. The van der Waals surface area contributed by atoms with E-state index < -0.39 is 0 Å². The smallest absolute Gasteiger partial charge is 0.143 e. The monoisotopic (exact) mass is 802 g/mol. The molecule has 0 aliphatic carbocycles. The number of hydrogen-bond acceptors (Lipinski definition) is 2. The van der Waals surface area contributed by atoms with E-state index in [4.69, 9.17) is 4.42 Å². The minimum absolute atomic E-state index is 0.874. The summed E-state index contributed by atoms with van der Waals surface area (Å²) in [6.07, 6.45) is 0. The number of nitrogens with zero attached hydrogens (tertiary/aromatic N) is 2. The minimum Gasteiger partial charge on any atom is -0.455 e. The number of aromatic nitrogens is 1. The number of para-hydroxylation sites is 3. The van der Waals surface area contributed by atoms with Gasteiger partial charge in [0.05, 0.1) is 16.7 Å². The molecule has 11 aromatic carbocycles. The summed E-state index contributed by atoms with van der Waals surface area (Å²) in [4.78, 5) is 2.40. The van der Waals surface area contributed by atoms with Gasteiger partial charge in [-0.15, -0.1) is 0 Å². The van der Waals surface area contributed by atoms with Gasteiger partial charge < -0.3 is 13.9 Å². The summed E-state index contributed by atoms with van der Waals surface area (Å²) in [5.74, 6) is 0. The molecule has 0 saturated heterocycles. The second-order valence-electron chi connectivity index (χ2n) is 16.5. The molecule has 13 aromatic rings. The molecule has 2 aromatic heterocycles. The van der Waals surface area contributed by atoms with Crippen LogP contribution in [0.3, 0.4) is 0 Å². The van der Waals surface area contributed by atoms with Crippen LogP contribution in [0.5, 0.6) is 0 Å². The van der Waals surface area contributed by atoms with Crippen LogP contribution in [-0.2, 0) is 0 Å². The van der Waals surface area contributed by atoms with Crippen molar-refractivity contribution >= 4 is 93.1 Å². The largest absolute Gasteiger partial charge is 0.455 e. The zero-order chi connectivity index (χ0) is 41.4. The molecule has 2 heterocycles. The van der Waals surface area contributed by atoms with Gasteiger partial charge in [-0.05, 0) is 116 Å². The van der Waals surface area contributed by atoms with E-state index in [1.165, 1.54) is 48.7 Å². The average Bonchev–Trinajstić information content (AvgIpc) is 3.90. The third-order valence-corrected chi connectivity index (χ3v) is 12.9.